The zero-order valence-electron chi connectivity index (χ0n) is 16.7. The standard InChI is InChI=1S/C22H26N2O4S/c1-17(25)20-9-6-10-21(15-20)29(27,28)24-13-11-19(12-14-24)22(26)23(2)16-18-7-4-3-5-8-18/h3-10,15,19H,11-14,16H2,1-2H3. The van der Waals surface area contributed by atoms with Crippen LogP contribution in [0, 0.1) is 5.92 Å². The first-order chi connectivity index (χ1) is 13.8. The van der Waals surface area contributed by atoms with Crippen molar-refractivity contribution < 1.29 is 18.0 Å². The summed E-state index contributed by atoms with van der Waals surface area (Å²) in [4.78, 5) is 26.2. The monoisotopic (exact) mass is 414 g/mol. The number of Topliss-reactive ketones (excluding diaryl/α,β-unsaturated/α-hetero) is 1. The van der Waals surface area contributed by atoms with Gasteiger partial charge in [0, 0.05) is 38.2 Å². The Morgan fingerprint density at radius 2 is 1.69 bits per heavy atom. The first-order valence-corrected chi connectivity index (χ1v) is 11.1. The van der Waals surface area contributed by atoms with Crippen molar-refractivity contribution in [2.75, 3.05) is 20.1 Å². The van der Waals surface area contributed by atoms with Crippen LogP contribution in [0.1, 0.15) is 35.7 Å². The number of nitrogens with zero attached hydrogens (tertiary/aromatic N) is 2. The largest absolute Gasteiger partial charge is 0.341 e. The molecule has 1 aliphatic heterocycles. The maximum atomic E-state index is 12.9. The van der Waals surface area contributed by atoms with Crippen LogP contribution in [-0.2, 0) is 21.4 Å². The number of ketones is 1. The van der Waals surface area contributed by atoms with Crippen molar-refractivity contribution in [2.45, 2.75) is 31.2 Å². The highest BCUT2D eigenvalue weighted by molar-refractivity contribution is 7.89. The van der Waals surface area contributed by atoms with Gasteiger partial charge >= 0.3 is 0 Å². The minimum Gasteiger partial charge on any atom is -0.341 e. The molecule has 1 fully saturated rings. The zero-order valence-corrected chi connectivity index (χ0v) is 17.6. The molecule has 3 rings (SSSR count). The van der Waals surface area contributed by atoms with Crippen LogP contribution in [0.2, 0.25) is 0 Å². The van der Waals surface area contributed by atoms with E-state index in [4.69, 9.17) is 0 Å². The molecular formula is C22H26N2O4S. The van der Waals surface area contributed by atoms with Gasteiger partial charge in [-0.05, 0) is 37.5 Å². The first kappa shape index (κ1) is 21.2. The van der Waals surface area contributed by atoms with E-state index in [1.165, 1.54) is 23.4 Å². The summed E-state index contributed by atoms with van der Waals surface area (Å²) in [5, 5.41) is 0. The summed E-state index contributed by atoms with van der Waals surface area (Å²) in [5.74, 6) is -0.309. The Kier molecular flexibility index (Phi) is 6.49. The van der Waals surface area contributed by atoms with Crippen molar-refractivity contribution in [3.63, 3.8) is 0 Å². The van der Waals surface area contributed by atoms with E-state index in [-0.39, 0.29) is 22.5 Å². The SMILES string of the molecule is CC(=O)c1cccc(S(=O)(=O)N2CCC(C(=O)N(C)Cc3ccccc3)CC2)c1. The van der Waals surface area contributed by atoms with Crippen molar-refractivity contribution >= 4 is 21.7 Å². The van der Waals surface area contributed by atoms with Gasteiger partial charge in [0.1, 0.15) is 0 Å². The summed E-state index contributed by atoms with van der Waals surface area (Å²) in [6.45, 7) is 2.54. The molecule has 1 aliphatic rings. The highest BCUT2D eigenvalue weighted by Crippen LogP contribution is 2.26. The van der Waals surface area contributed by atoms with Crippen LogP contribution in [0.25, 0.3) is 0 Å². The van der Waals surface area contributed by atoms with Gasteiger partial charge in [0.2, 0.25) is 15.9 Å². The maximum Gasteiger partial charge on any atom is 0.243 e. The van der Waals surface area contributed by atoms with Crippen molar-refractivity contribution in [2.24, 2.45) is 5.92 Å². The Balaban J connectivity index is 1.63. The quantitative estimate of drug-likeness (QED) is 0.681. The van der Waals surface area contributed by atoms with Gasteiger partial charge in [-0.15, -0.1) is 0 Å². The fraction of sp³-hybridized carbons (Fsp3) is 0.364. The lowest BCUT2D eigenvalue weighted by molar-refractivity contribution is -0.135. The van der Waals surface area contributed by atoms with Gasteiger partial charge < -0.3 is 4.90 Å². The molecule has 0 radical (unpaired) electrons. The van der Waals surface area contributed by atoms with Crippen LogP contribution in [0.15, 0.2) is 59.5 Å². The zero-order chi connectivity index (χ0) is 21.0. The molecule has 6 nitrogen and oxygen atoms in total. The second-order valence-corrected chi connectivity index (χ2v) is 9.38. The van der Waals surface area contributed by atoms with Crippen LogP contribution in [0.5, 0.6) is 0 Å². The van der Waals surface area contributed by atoms with Gasteiger partial charge in [-0.1, -0.05) is 42.5 Å². The average molecular weight is 415 g/mol. The molecular weight excluding hydrogens is 388 g/mol. The molecule has 7 heteroatoms. The molecule has 29 heavy (non-hydrogen) atoms. The Morgan fingerprint density at radius 1 is 1.03 bits per heavy atom. The third-order valence-corrected chi connectivity index (χ3v) is 7.21. The van der Waals surface area contributed by atoms with E-state index >= 15 is 0 Å². The Bertz CT molecular complexity index is 981. The van der Waals surface area contributed by atoms with Gasteiger partial charge in [0.25, 0.3) is 0 Å². The lowest BCUT2D eigenvalue weighted by Gasteiger charge is -2.32. The number of piperidine rings is 1. The average Bonchev–Trinajstić information content (AvgIpc) is 2.74. The summed E-state index contributed by atoms with van der Waals surface area (Å²) >= 11 is 0. The number of sulfonamides is 1. The van der Waals surface area contributed by atoms with E-state index in [1.807, 2.05) is 30.3 Å². The number of amides is 1. The van der Waals surface area contributed by atoms with E-state index in [2.05, 4.69) is 0 Å². The number of carbonyl (C=O) groups excluding carboxylic acids is 2. The van der Waals surface area contributed by atoms with E-state index in [0.717, 1.165) is 5.56 Å². The summed E-state index contributed by atoms with van der Waals surface area (Å²) in [7, 11) is -1.90. The highest BCUT2D eigenvalue weighted by atomic mass is 32.2. The molecule has 0 aliphatic carbocycles. The van der Waals surface area contributed by atoms with Gasteiger partial charge in [-0.3, -0.25) is 9.59 Å². The third-order valence-electron chi connectivity index (χ3n) is 5.32. The maximum absolute atomic E-state index is 12.9. The Morgan fingerprint density at radius 3 is 2.31 bits per heavy atom. The minimum atomic E-state index is -3.68. The molecule has 0 unspecified atom stereocenters. The molecule has 1 heterocycles. The Hall–Kier alpha value is -2.51. The van der Waals surface area contributed by atoms with E-state index < -0.39 is 10.0 Å². The second kappa shape index (κ2) is 8.88. The summed E-state index contributed by atoms with van der Waals surface area (Å²) in [6, 6.07) is 15.9. The molecule has 154 valence electrons. The molecule has 1 amide bonds. The van der Waals surface area contributed by atoms with Gasteiger partial charge in [-0.2, -0.15) is 4.31 Å². The predicted molar refractivity (Wildman–Crippen MR) is 111 cm³/mol. The molecule has 0 aromatic heterocycles. The van der Waals surface area contributed by atoms with Crippen LogP contribution >= 0.6 is 0 Å². The van der Waals surface area contributed by atoms with Gasteiger partial charge in [0.05, 0.1) is 4.90 Å². The van der Waals surface area contributed by atoms with Crippen LogP contribution in [0.4, 0.5) is 0 Å². The van der Waals surface area contributed by atoms with Crippen molar-refractivity contribution in [1.29, 1.82) is 0 Å². The summed E-state index contributed by atoms with van der Waals surface area (Å²) in [6.07, 6.45) is 0.979. The number of hydrogen-bond donors (Lipinski definition) is 0. The number of benzene rings is 2. The molecule has 0 atom stereocenters. The van der Waals surface area contributed by atoms with E-state index in [1.54, 1.807) is 24.1 Å². The molecule has 2 aromatic carbocycles. The molecule has 0 spiro atoms. The fourth-order valence-corrected chi connectivity index (χ4v) is 5.13. The van der Waals surface area contributed by atoms with Crippen LogP contribution < -0.4 is 0 Å². The minimum absolute atomic E-state index is 0.0458. The van der Waals surface area contributed by atoms with Crippen molar-refractivity contribution in [1.82, 2.24) is 9.21 Å². The molecule has 0 bridgehead atoms. The smallest absolute Gasteiger partial charge is 0.243 e. The van der Waals surface area contributed by atoms with Crippen molar-refractivity contribution in [3.05, 3.63) is 65.7 Å². The molecule has 0 saturated carbocycles. The molecule has 2 aromatic rings. The highest BCUT2D eigenvalue weighted by Gasteiger charge is 2.33. The second-order valence-electron chi connectivity index (χ2n) is 7.44. The van der Waals surface area contributed by atoms with Crippen molar-refractivity contribution in [3.8, 4) is 0 Å². The summed E-state index contributed by atoms with van der Waals surface area (Å²) < 4.78 is 27.3. The normalized spacial score (nSPS) is 15.8. The Labute approximate surface area is 172 Å². The predicted octanol–water partition coefficient (Wildman–Crippen LogP) is 2.95. The lowest BCUT2D eigenvalue weighted by Crippen LogP contribution is -2.43. The lowest BCUT2D eigenvalue weighted by atomic mass is 9.96. The number of carbonyl (C=O) groups is 2. The fourth-order valence-electron chi connectivity index (χ4n) is 3.61. The summed E-state index contributed by atoms with van der Waals surface area (Å²) in [5.41, 5.74) is 1.44. The topological polar surface area (TPSA) is 74.8 Å². The number of rotatable bonds is 6. The molecule has 1 saturated heterocycles. The molecule has 0 N–H and O–H groups in total. The van der Waals surface area contributed by atoms with E-state index in [0.29, 0.717) is 38.0 Å². The number of hydrogen-bond acceptors (Lipinski definition) is 4. The first-order valence-electron chi connectivity index (χ1n) is 9.69. The van der Waals surface area contributed by atoms with Crippen LogP contribution in [-0.4, -0.2) is 49.5 Å². The van der Waals surface area contributed by atoms with Gasteiger partial charge in [-0.25, -0.2) is 8.42 Å². The van der Waals surface area contributed by atoms with Gasteiger partial charge in [0.15, 0.2) is 5.78 Å². The van der Waals surface area contributed by atoms with E-state index in [9.17, 15) is 18.0 Å². The third kappa shape index (κ3) is 4.92. The van der Waals surface area contributed by atoms with Crippen LogP contribution in [0.3, 0.4) is 0 Å².